The van der Waals surface area contributed by atoms with Crippen molar-refractivity contribution < 1.29 is 18.7 Å². The Morgan fingerprint density at radius 1 is 1.15 bits per heavy atom. The minimum Gasteiger partial charge on any atom is -0.467 e. The smallest absolute Gasteiger partial charge is 0.274 e. The Bertz CT molecular complexity index is 1220. The summed E-state index contributed by atoms with van der Waals surface area (Å²) in [6.07, 6.45) is 1.56. The first-order chi connectivity index (χ1) is 15.9. The third-order valence-electron chi connectivity index (χ3n) is 6.65. The molecule has 172 valence electrons. The molecule has 3 aromatic rings. The van der Waals surface area contributed by atoms with Gasteiger partial charge in [-0.25, -0.2) is 4.39 Å². The van der Waals surface area contributed by atoms with E-state index >= 15 is 0 Å². The van der Waals surface area contributed by atoms with E-state index in [0.29, 0.717) is 43.2 Å². The predicted octanol–water partition coefficient (Wildman–Crippen LogP) is 4.48. The number of benzene rings is 2. The number of carbonyl (C=O) groups is 2. The van der Waals surface area contributed by atoms with Gasteiger partial charge in [-0.1, -0.05) is 23.5 Å². The zero-order valence-electron chi connectivity index (χ0n) is 18.7. The van der Waals surface area contributed by atoms with E-state index in [1.807, 2.05) is 43.0 Å². The molecule has 2 fully saturated rings. The summed E-state index contributed by atoms with van der Waals surface area (Å²) in [6, 6.07) is 10.9. The Morgan fingerprint density at radius 3 is 2.67 bits per heavy atom. The summed E-state index contributed by atoms with van der Waals surface area (Å²) in [4.78, 5) is 33.6. The molecule has 0 saturated carbocycles. The molecule has 2 aromatic carbocycles. The number of thiazole rings is 1. The van der Waals surface area contributed by atoms with Crippen molar-refractivity contribution in [3.8, 4) is 5.19 Å². The number of carbonyl (C=O) groups excluding carboxylic acids is 2. The molecule has 1 aromatic heterocycles. The van der Waals surface area contributed by atoms with Gasteiger partial charge in [0.05, 0.1) is 10.6 Å². The van der Waals surface area contributed by atoms with E-state index in [-0.39, 0.29) is 36.1 Å². The minimum atomic E-state index is -0.347. The maximum atomic E-state index is 13.9. The summed E-state index contributed by atoms with van der Waals surface area (Å²) in [7, 11) is 0. The number of halogens is 1. The molecule has 6 nitrogen and oxygen atoms in total. The highest BCUT2D eigenvalue weighted by molar-refractivity contribution is 7.20. The summed E-state index contributed by atoms with van der Waals surface area (Å²) in [5, 5.41) is 0.463. The fraction of sp³-hybridized carbons (Fsp3) is 0.400. The Labute approximate surface area is 196 Å². The van der Waals surface area contributed by atoms with E-state index in [1.54, 1.807) is 11.0 Å². The van der Waals surface area contributed by atoms with Crippen molar-refractivity contribution in [1.29, 1.82) is 0 Å². The van der Waals surface area contributed by atoms with Gasteiger partial charge in [0, 0.05) is 44.6 Å². The molecule has 2 saturated heterocycles. The number of hydrogen-bond donors (Lipinski definition) is 0. The van der Waals surface area contributed by atoms with E-state index in [4.69, 9.17) is 4.74 Å². The molecule has 8 heteroatoms. The van der Waals surface area contributed by atoms with Crippen molar-refractivity contribution in [1.82, 2.24) is 9.88 Å². The van der Waals surface area contributed by atoms with Crippen LogP contribution in [0.3, 0.4) is 0 Å². The van der Waals surface area contributed by atoms with Gasteiger partial charge in [-0.15, -0.1) is 0 Å². The number of likely N-dealkylation sites (tertiary alicyclic amines) is 1. The van der Waals surface area contributed by atoms with Crippen LogP contribution in [0.25, 0.3) is 10.2 Å². The monoisotopic (exact) mass is 467 g/mol. The lowest BCUT2D eigenvalue weighted by Gasteiger charge is -2.33. The van der Waals surface area contributed by atoms with Crippen molar-refractivity contribution in [3.63, 3.8) is 0 Å². The van der Waals surface area contributed by atoms with Gasteiger partial charge >= 0.3 is 0 Å². The summed E-state index contributed by atoms with van der Waals surface area (Å²) >= 11 is 1.34. The van der Waals surface area contributed by atoms with Crippen LogP contribution in [0.1, 0.15) is 30.4 Å². The standard InChI is InChI=1S/C25H26FN3O3S/c1-15-6-7-18(12-16(15)2)29-14-17(13-22(29)30)24(31)28-10-8-19(9-11-28)32-25-27-23-20(26)4-3-5-21(23)33-25/h3-7,12,17,19H,8-11,13-14H2,1-2H3. The first kappa shape index (κ1) is 21.8. The van der Waals surface area contributed by atoms with Gasteiger partial charge in [-0.2, -0.15) is 4.98 Å². The second kappa shape index (κ2) is 8.74. The van der Waals surface area contributed by atoms with Gasteiger partial charge < -0.3 is 14.5 Å². The number of nitrogens with zero attached hydrogens (tertiary/aromatic N) is 3. The number of rotatable bonds is 4. The number of aromatic nitrogens is 1. The second-order valence-corrected chi connectivity index (χ2v) is 9.88. The molecular weight excluding hydrogens is 441 g/mol. The number of amides is 2. The SMILES string of the molecule is Cc1ccc(N2CC(C(=O)N3CCC(Oc4nc5c(F)cccc5s4)CC3)CC2=O)cc1C. The lowest BCUT2D eigenvalue weighted by atomic mass is 10.0. The highest BCUT2D eigenvalue weighted by atomic mass is 32.1. The Morgan fingerprint density at radius 2 is 1.94 bits per heavy atom. The third-order valence-corrected chi connectivity index (χ3v) is 7.56. The van der Waals surface area contributed by atoms with Crippen molar-refractivity contribution in [2.24, 2.45) is 5.92 Å². The molecule has 2 aliphatic rings. The zero-order chi connectivity index (χ0) is 23.1. The van der Waals surface area contributed by atoms with Gasteiger partial charge in [0.25, 0.3) is 5.19 Å². The van der Waals surface area contributed by atoms with Gasteiger partial charge in [-0.3, -0.25) is 9.59 Å². The molecule has 0 spiro atoms. The van der Waals surface area contributed by atoms with Gasteiger partial charge in [0.1, 0.15) is 17.4 Å². The third kappa shape index (κ3) is 4.31. The lowest BCUT2D eigenvalue weighted by molar-refractivity contribution is -0.137. The van der Waals surface area contributed by atoms with Crippen molar-refractivity contribution >= 4 is 39.1 Å². The Kier molecular flexibility index (Phi) is 5.78. The molecule has 1 atom stereocenters. The Balaban J connectivity index is 1.18. The number of para-hydroxylation sites is 1. The molecular formula is C25H26FN3O3S. The topological polar surface area (TPSA) is 62.7 Å². The maximum absolute atomic E-state index is 13.9. The molecule has 5 rings (SSSR count). The van der Waals surface area contributed by atoms with E-state index in [0.717, 1.165) is 16.0 Å². The average Bonchev–Trinajstić information content (AvgIpc) is 3.40. The van der Waals surface area contributed by atoms with E-state index in [2.05, 4.69) is 4.98 Å². The minimum absolute atomic E-state index is 0.00195. The fourth-order valence-corrected chi connectivity index (χ4v) is 5.45. The number of anilines is 1. The quantitative estimate of drug-likeness (QED) is 0.568. The molecule has 0 bridgehead atoms. The van der Waals surface area contributed by atoms with Crippen LogP contribution in [0.2, 0.25) is 0 Å². The molecule has 0 N–H and O–H groups in total. The first-order valence-electron chi connectivity index (χ1n) is 11.3. The number of ether oxygens (including phenoxy) is 1. The molecule has 0 radical (unpaired) electrons. The summed E-state index contributed by atoms with van der Waals surface area (Å²) in [5.74, 6) is -0.628. The highest BCUT2D eigenvalue weighted by Crippen LogP contribution is 2.32. The van der Waals surface area contributed by atoms with Gasteiger partial charge in [0.15, 0.2) is 0 Å². The Hall–Kier alpha value is -3.00. The molecule has 3 heterocycles. The van der Waals surface area contributed by atoms with Crippen molar-refractivity contribution in [2.45, 2.75) is 39.2 Å². The van der Waals surface area contributed by atoms with Crippen LogP contribution >= 0.6 is 11.3 Å². The normalized spacial score (nSPS) is 19.5. The summed E-state index contributed by atoms with van der Waals surface area (Å²) in [5.41, 5.74) is 3.51. The second-order valence-electron chi connectivity index (χ2n) is 8.88. The lowest BCUT2D eigenvalue weighted by Crippen LogP contribution is -2.44. The van der Waals surface area contributed by atoms with Crippen LogP contribution in [0.4, 0.5) is 10.1 Å². The predicted molar refractivity (Wildman–Crippen MR) is 126 cm³/mol. The summed E-state index contributed by atoms with van der Waals surface area (Å²) in [6.45, 7) is 5.65. The molecule has 0 aliphatic carbocycles. The highest BCUT2D eigenvalue weighted by Gasteiger charge is 2.38. The summed E-state index contributed by atoms with van der Waals surface area (Å²) < 4.78 is 20.6. The molecule has 2 aliphatic heterocycles. The first-order valence-corrected chi connectivity index (χ1v) is 12.1. The van der Waals surface area contributed by atoms with Crippen molar-refractivity contribution in [3.05, 3.63) is 53.3 Å². The largest absolute Gasteiger partial charge is 0.467 e. The molecule has 1 unspecified atom stereocenters. The van der Waals surface area contributed by atoms with E-state index in [1.165, 1.54) is 23.0 Å². The fourth-order valence-electron chi connectivity index (χ4n) is 4.56. The van der Waals surface area contributed by atoms with Crippen LogP contribution in [-0.4, -0.2) is 47.4 Å². The number of piperidine rings is 1. The number of fused-ring (bicyclic) bond motifs is 1. The maximum Gasteiger partial charge on any atom is 0.274 e. The van der Waals surface area contributed by atoms with E-state index < -0.39 is 0 Å². The average molecular weight is 468 g/mol. The van der Waals surface area contributed by atoms with Gasteiger partial charge in [0.2, 0.25) is 11.8 Å². The van der Waals surface area contributed by atoms with Crippen LogP contribution in [0, 0.1) is 25.6 Å². The van der Waals surface area contributed by atoms with Crippen LogP contribution in [0.15, 0.2) is 36.4 Å². The number of hydrogen-bond acceptors (Lipinski definition) is 5. The van der Waals surface area contributed by atoms with E-state index in [9.17, 15) is 14.0 Å². The van der Waals surface area contributed by atoms with Crippen LogP contribution < -0.4 is 9.64 Å². The van der Waals surface area contributed by atoms with Gasteiger partial charge in [-0.05, 0) is 49.2 Å². The number of aryl methyl sites for hydroxylation is 2. The van der Waals surface area contributed by atoms with Crippen LogP contribution in [-0.2, 0) is 9.59 Å². The molecule has 33 heavy (non-hydrogen) atoms. The van der Waals surface area contributed by atoms with Crippen LogP contribution in [0.5, 0.6) is 5.19 Å². The molecule has 2 amide bonds. The zero-order valence-corrected chi connectivity index (χ0v) is 19.5. The van der Waals surface area contributed by atoms with Crippen molar-refractivity contribution in [2.75, 3.05) is 24.5 Å².